The number of hydrogen-bond acceptors (Lipinski definition) is 3. The van der Waals surface area contributed by atoms with Crippen molar-refractivity contribution in [1.82, 2.24) is 4.90 Å². The van der Waals surface area contributed by atoms with Gasteiger partial charge in [-0.2, -0.15) is 0 Å². The van der Waals surface area contributed by atoms with Crippen LogP contribution in [0, 0.1) is 0 Å². The Morgan fingerprint density at radius 2 is 1.67 bits per heavy atom. The summed E-state index contributed by atoms with van der Waals surface area (Å²) in [4.78, 5) is 14.4. The Kier molecular flexibility index (Phi) is 5.93. The molecule has 0 aliphatic rings. The van der Waals surface area contributed by atoms with Crippen molar-refractivity contribution in [2.75, 3.05) is 19.3 Å². The number of likely N-dealkylation sites (N-methyl/N-ethyl adjacent to an activating group) is 1. The number of carbonyl (C=O) groups is 1. The van der Waals surface area contributed by atoms with Crippen LogP contribution < -0.4 is 0 Å². The Balaban J connectivity index is 2.07. The van der Waals surface area contributed by atoms with Gasteiger partial charge >= 0.3 is 0 Å². The molecule has 2 aromatic rings. The Bertz CT molecular complexity index is 809. The van der Waals surface area contributed by atoms with Crippen molar-refractivity contribution in [3.05, 3.63) is 71.8 Å². The van der Waals surface area contributed by atoms with E-state index in [0.717, 1.165) is 11.8 Å². The number of amides is 1. The molecule has 1 amide bonds. The van der Waals surface area contributed by atoms with Crippen LogP contribution in [0.2, 0.25) is 0 Å². The average molecular weight is 343 g/mol. The molecule has 126 valence electrons. The average Bonchev–Trinajstić information content (AvgIpc) is 2.58. The number of rotatable bonds is 6. The van der Waals surface area contributed by atoms with Gasteiger partial charge in [0, 0.05) is 24.9 Å². The van der Waals surface area contributed by atoms with E-state index in [2.05, 4.69) is 0 Å². The third-order valence-corrected chi connectivity index (χ3v) is 4.76. The normalized spacial score (nSPS) is 11.6. The number of nitrogens with zero attached hydrogens (tertiary/aromatic N) is 1. The summed E-state index contributed by atoms with van der Waals surface area (Å²) in [5, 5.41) is 0. The van der Waals surface area contributed by atoms with Crippen LogP contribution in [0.3, 0.4) is 0 Å². The van der Waals surface area contributed by atoms with Gasteiger partial charge in [-0.3, -0.25) is 4.79 Å². The minimum absolute atomic E-state index is 0.115. The molecule has 2 rings (SSSR count). The van der Waals surface area contributed by atoms with Crippen molar-refractivity contribution in [3.63, 3.8) is 0 Å². The number of carbonyl (C=O) groups excluding carboxylic acids is 1. The SMILES string of the molecule is CCN(C/C=C/c1ccccc1)C(=O)c1ccc(S(C)(=O)=O)cc1. The van der Waals surface area contributed by atoms with Crippen LogP contribution in [0.1, 0.15) is 22.8 Å². The summed E-state index contributed by atoms with van der Waals surface area (Å²) in [5.41, 5.74) is 1.57. The number of hydrogen-bond donors (Lipinski definition) is 0. The van der Waals surface area contributed by atoms with E-state index in [0.29, 0.717) is 18.7 Å². The second-order valence-corrected chi connectivity index (χ2v) is 7.47. The van der Waals surface area contributed by atoms with Gasteiger partial charge in [-0.25, -0.2) is 8.42 Å². The van der Waals surface area contributed by atoms with Gasteiger partial charge in [-0.1, -0.05) is 42.5 Å². The lowest BCUT2D eigenvalue weighted by Gasteiger charge is -2.19. The molecule has 24 heavy (non-hydrogen) atoms. The first-order valence-corrected chi connectivity index (χ1v) is 9.62. The Hall–Kier alpha value is -2.40. The summed E-state index contributed by atoms with van der Waals surface area (Å²) in [7, 11) is -3.25. The molecule has 0 aliphatic carbocycles. The summed E-state index contributed by atoms with van der Waals surface area (Å²) in [6.45, 7) is 2.99. The van der Waals surface area contributed by atoms with E-state index in [4.69, 9.17) is 0 Å². The Morgan fingerprint density at radius 3 is 2.21 bits per heavy atom. The Morgan fingerprint density at radius 1 is 1.04 bits per heavy atom. The molecular weight excluding hydrogens is 322 g/mol. The molecule has 0 N–H and O–H groups in total. The lowest BCUT2D eigenvalue weighted by atomic mass is 10.2. The second kappa shape index (κ2) is 7.93. The molecule has 5 heteroatoms. The lowest BCUT2D eigenvalue weighted by molar-refractivity contribution is 0.0782. The monoisotopic (exact) mass is 343 g/mol. The largest absolute Gasteiger partial charge is 0.335 e. The highest BCUT2D eigenvalue weighted by Crippen LogP contribution is 2.12. The number of benzene rings is 2. The molecule has 0 radical (unpaired) electrons. The molecule has 0 aromatic heterocycles. The molecule has 4 nitrogen and oxygen atoms in total. The molecular formula is C19H21NO3S. The summed E-state index contributed by atoms with van der Waals surface area (Å²) in [6.07, 6.45) is 5.07. The van der Waals surface area contributed by atoms with Crippen molar-refractivity contribution < 1.29 is 13.2 Å². The molecule has 0 bridgehead atoms. The van der Waals surface area contributed by atoms with E-state index < -0.39 is 9.84 Å². The van der Waals surface area contributed by atoms with Crippen LogP contribution in [0.5, 0.6) is 0 Å². The van der Waals surface area contributed by atoms with Crippen LogP contribution in [0.4, 0.5) is 0 Å². The fraction of sp³-hybridized carbons (Fsp3) is 0.211. The Labute approximate surface area is 143 Å². The van der Waals surface area contributed by atoms with Gasteiger partial charge < -0.3 is 4.90 Å². The number of sulfone groups is 1. The van der Waals surface area contributed by atoms with Crippen molar-refractivity contribution in [1.29, 1.82) is 0 Å². The minimum atomic E-state index is -3.25. The molecule has 2 aromatic carbocycles. The highest BCUT2D eigenvalue weighted by atomic mass is 32.2. The third kappa shape index (κ3) is 4.80. The zero-order valence-electron chi connectivity index (χ0n) is 13.8. The van der Waals surface area contributed by atoms with Crippen LogP contribution in [0.15, 0.2) is 65.6 Å². The van der Waals surface area contributed by atoms with E-state index >= 15 is 0 Å². The predicted octanol–water partition coefficient (Wildman–Crippen LogP) is 3.27. The highest BCUT2D eigenvalue weighted by Gasteiger charge is 2.14. The summed E-state index contributed by atoms with van der Waals surface area (Å²) in [5.74, 6) is -0.115. The van der Waals surface area contributed by atoms with Gasteiger partial charge in [0.05, 0.1) is 4.90 Å². The first-order chi connectivity index (χ1) is 11.4. The van der Waals surface area contributed by atoms with Crippen molar-refractivity contribution >= 4 is 21.8 Å². The quantitative estimate of drug-likeness (QED) is 0.809. The minimum Gasteiger partial charge on any atom is -0.335 e. The van der Waals surface area contributed by atoms with Crippen LogP contribution in [-0.2, 0) is 9.84 Å². The standard InChI is InChI=1S/C19H21NO3S/c1-3-20(15-7-10-16-8-5-4-6-9-16)19(21)17-11-13-18(14-12-17)24(2,22)23/h4-14H,3,15H2,1-2H3/b10-7+. The summed E-state index contributed by atoms with van der Waals surface area (Å²) < 4.78 is 23.0. The molecule has 0 atom stereocenters. The molecule has 0 heterocycles. The smallest absolute Gasteiger partial charge is 0.254 e. The zero-order valence-corrected chi connectivity index (χ0v) is 14.7. The van der Waals surface area contributed by atoms with Gasteiger partial charge in [0.2, 0.25) is 0 Å². The van der Waals surface area contributed by atoms with Gasteiger partial charge in [-0.05, 0) is 36.8 Å². The lowest BCUT2D eigenvalue weighted by Crippen LogP contribution is -2.30. The van der Waals surface area contributed by atoms with E-state index in [1.54, 1.807) is 17.0 Å². The fourth-order valence-corrected chi connectivity index (χ4v) is 2.89. The molecule has 0 spiro atoms. The highest BCUT2D eigenvalue weighted by molar-refractivity contribution is 7.90. The van der Waals surface area contributed by atoms with Crippen LogP contribution >= 0.6 is 0 Å². The maximum atomic E-state index is 12.5. The van der Waals surface area contributed by atoms with Gasteiger partial charge in [0.15, 0.2) is 9.84 Å². The molecule has 0 aliphatic heterocycles. The predicted molar refractivity (Wildman–Crippen MR) is 96.6 cm³/mol. The summed E-state index contributed by atoms with van der Waals surface area (Å²) in [6, 6.07) is 15.9. The second-order valence-electron chi connectivity index (χ2n) is 5.45. The summed E-state index contributed by atoms with van der Waals surface area (Å²) >= 11 is 0. The van der Waals surface area contributed by atoms with Crippen molar-refractivity contribution in [2.24, 2.45) is 0 Å². The van der Waals surface area contributed by atoms with Crippen molar-refractivity contribution in [2.45, 2.75) is 11.8 Å². The zero-order chi connectivity index (χ0) is 17.6. The first-order valence-electron chi connectivity index (χ1n) is 7.73. The van der Waals surface area contributed by atoms with Gasteiger partial charge in [0.1, 0.15) is 0 Å². The third-order valence-electron chi connectivity index (χ3n) is 3.63. The van der Waals surface area contributed by atoms with E-state index in [1.165, 1.54) is 12.1 Å². The van der Waals surface area contributed by atoms with Crippen LogP contribution in [-0.4, -0.2) is 38.6 Å². The topological polar surface area (TPSA) is 54.5 Å². The molecule has 0 saturated heterocycles. The van der Waals surface area contributed by atoms with Crippen molar-refractivity contribution in [3.8, 4) is 0 Å². The maximum Gasteiger partial charge on any atom is 0.254 e. The molecule has 0 saturated carbocycles. The van der Waals surface area contributed by atoms with Gasteiger partial charge in [0.25, 0.3) is 5.91 Å². The fourth-order valence-electron chi connectivity index (χ4n) is 2.26. The maximum absolute atomic E-state index is 12.5. The van der Waals surface area contributed by atoms with E-state index in [1.807, 2.05) is 49.4 Å². The first kappa shape index (κ1) is 17.9. The molecule has 0 unspecified atom stereocenters. The van der Waals surface area contributed by atoms with E-state index in [9.17, 15) is 13.2 Å². The van der Waals surface area contributed by atoms with Crippen LogP contribution in [0.25, 0.3) is 6.08 Å². The van der Waals surface area contributed by atoms with Gasteiger partial charge in [-0.15, -0.1) is 0 Å². The van der Waals surface area contributed by atoms with E-state index in [-0.39, 0.29) is 10.8 Å². The molecule has 0 fully saturated rings.